The van der Waals surface area contributed by atoms with Crippen molar-refractivity contribution in [1.29, 1.82) is 0 Å². The maximum atomic E-state index is 14.3. The van der Waals surface area contributed by atoms with Crippen LogP contribution >= 0.6 is 0 Å². The number of carbonyl (C=O) groups is 3. The number of carbonyl (C=O) groups excluding carboxylic acids is 3. The maximum Gasteiger partial charge on any atom is 0.249 e. The zero-order chi connectivity index (χ0) is 35.6. The summed E-state index contributed by atoms with van der Waals surface area (Å²) in [6.45, 7) is 5.94. The molecule has 0 saturated carbocycles. The first-order valence-corrected chi connectivity index (χ1v) is 16.9. The molecule has 3 aromatic rings. The minimum absolute atomic E-state index is 0.0525. The summed E-state index contributed by atoms with van der Waals surface area (Å²) < 4.78 is 33.7. The van der Waals surface area contributed by atoms with Gasteiger partial charge in [-0.2, -0.15) is 0 Å². The highest BCUT2D eigenvalue weighted by atomic mass is 19.1. The standard InChI is InChI=1S/C38H48F2N4O5/c1-5-25(2)38(43-26(3)45)16-17-44(37(38)48)34(15-14-27-10-7-6-8-11-27)36(47)42-33(21-29-18-30(39)22-31(40)19-29)35(46)24-41-23-28-12-9-13-32(20-28)49-4/h6-13,18-20,22,25,33-35,41,46H,5,14-17,21,23-24H2,1-4H3,(H,42,47)(H,43,45)/t25-,33-,34+,35?,38-/m0/s1. The molecule has 4 N–H and O–H groups in total. The van der Waals surface area contributed by atoms with Crippen LogP contribution in [0.1, 0.15) is 56.7 Å². The van der Waals surface area contributed by atoms with Crippen LogP contribution in [0, 0.1) is 17.6 Å². The van der Waals surface area contributed by atoms with E-state index in [2.05, 4.69) is 16.0 Å². The summed E-state index contributed by atoms with van der Waals surface area (Å²) in [4.78, 5) is 42.3. The molecule has 49 heavy (non-hydrogen) atoms. The number of aryl methyl sites for hydroxylation is 1. The summed E-state index contributed by atoms with van der Waals surface area (Å²) in [7, 11) is 1.58. The third-order valence-electron chi connectivity index (χ3n) is 9.46. The van der Waals surface area contributed by atoms with Crippen LogP contribution in [0.4, 0.5) is 8.78 Å². The molecule has 1 aliphatic rings. The Labute approximate surface area is 287 Å². The number of benzene rings is 3. The molecule has 4 rings (SSSR count). The number of hydrogen-bond acceptors (Lipinski definition) is 6. The van der Waals surface area contributed by atoms with Crippen molar-refractivity contribution < 1.29 is 33.0 Å². The molecule has 3 amide bonds. The molecule has 0 radical (unpaired) electrons. The van der Waals surface area contributed by atoms with Crippen molar-refractivity contribution >= 4 is 17.7 Å². The van der Waals surface area contributed by atoms with Crippen molar-refractivity contribution in [3.63, 3.8) is 0 Å². The predicted molar refractivity (Wildman–Crippen MR) is 184 cm³/mol. The summed E-state index contributed by atoms with van der Waals surface area (Å²) >= 11 is 0. The van der Waals surface area contributed by atoms with Gasteiger partial charge in [-0.1, -0.05) is 62.7 Å². The quantitative estimate of drug-likeness (QED) is 0.169. The second-order valence-electron chi connectivity index (χ2n) is 12.9. The second-order valence-corrected chi connectivity index (χ2v) is 12.9. The first-order chi connectivity index (χ1) is 23.4. The normalized spacial score (nSPS) is 18.4. The smallest absolute Gasteiger partial charge is 0.249 e. The number of rotatable bonds is 17. The van der Waals surface area contributed by atoms with Crippen LogP contribution < -0.4 is 20.7 Å². The van der Waals surface area contributed by atoms with Gasteiger partial charge in [-0.05, 0) is 72.6 Å². The highest BCUT2D eigenvalue weighted by Gasteiger charge is 2.53. The molecule has 1 heterocycles. The fraction of sp³-hybridized carbons (Fsp3) is 0.447. The topological polar surface area (TPSA) is 120 Å². The molecule has 0 bridgehead atoms. The number of halogens is 2. The molecule has 0 aromatic heterocycles. The molecule has 9 nitrogen and oxygen atoms in total. The van der Waals surface area contributed by atoms with Crippen LogP contribution in [0.2, 0.25) is 0 Å². The molecular formula is C38H48F2N4O5. The van der Waals surface area contributed by atoms with E-state index in [-0.39, 0.29) is 49.2 Å². The summed E-state index contributed by atoms with van der Waals surface area (Å²) in [5.41, 5.74) is 1.01. The highest BCUT2D eigenvalue weighted by molar-refractivity contribution is 5.96. The minimum Gasteiger partial charge on any atom is -0.497 e. The molecule has 5 atom stereocenters. The number of amides is 3. The minimum atomic E-state index is -1.16. The number of ether oxygens (including phenoxy) is 1. The Morgan fingerprint density at radius 3 is 2.35 bits per heavy atom. The van der Waals surface area contributed by atoms with E-state index in [1.807, 2.05) is 68.4 Å². The zero-order valence-electron chi connectivity index (χ0n) is 28.7. The monoisotopic (exact) mass is 678 g/mol. The zero-order valence-corrected chi connectivity index (χ0v) is 28.7. The van der Waals surface area contributed by atoms with E-state index in [1.54, 1.807) is 7.11 Å². The molecule has 1 aliphatic heterocycles. The van der Waals surface area contributed by atoms with Crippen molar-refractivity contribution in [2.24, 2.45) is 5.92 Å². The van der Waals surface area contributed by atoms with Gasteiger partial charge in [-0.3, -0.25) is 14.4 Å². The second kappa shape index (κ2) is 17.3. The Bertz CT molecular complexity index is 1550. The molecule has 1 saturated heterocycles. The third-order valence-corrected chi connectivity index (χ3v) is 9.46. The number of aliphatic hydroxyl groups is 1. The highest BCUT2D eigenvalue weighted by Crippen LogP contribution is 2.34. The maximum absolute atomic E-state index is 14.3. The van der Waals surface area contributed by atoms with Crippen molar-refractivity contribution in [3.05, 3.63) is 101 Å². The molecular weight excluding hydrogens is 630 g/mol. The summed E-state index contributed by atoms with van der Waals surface area (Å²) in [6.07, 6.45) is 0.529. The Hall–Kier alpha value is -4.35. The van der Waals surface area contributed by atoms with Crippen LogP contribution in [-0.2, 0) is 33.8 Å². The van der Waals surface area contributed by atoms with Gasteiger partial charge in [0.1, 0.15) is 29.0 Å². The number of methoxy groups -OCH3 is 1. The van der Waals surface area contributed by atoms with E-state index in [0.29, 0.717) is 31.6 Å². The van der Waals surface area contributed by atoms with E-state index in [9.17, 15) is 28.3 Å². The molecule has 1 unspecified atom stereocenters. The summed E-state index contributed by atoms with van der Waals surface area (Å²) in [5, 5.41) is 20.5. The van der Waals surface area contributed by atoms with Crippen LogP contribution in [0.15, 0.2) is 72.8 Å². The van der Waals surface area contributed by atoms with E-state index in [4.69, 9.17) is 4.74 Å². The average Bonchev–Trinajstić information content (AvgIpc) is 3.39. The first-order valence-electron chi connectivity index (χ1n) is 16.9. The summed E-state index contributed by atoms with van der Waals surface area (Å²) in [5.74, 6) is -2.18. The Morgan fingerprint density at radius 1 is 1.00 bits per heavy atom. The van der Waals surface area contributed by atoms with Gasteiger partial charge < -0.3 is 30.7 Å². The van der Waals surface area contributed by atoms with Gasteiger partial charge in [0.2, 0.25) is 17.7 Å². The van der Waals surface area contributed by atoms with Crippen molar-refractivity contribution in [1.82, 2.24) is 20.9 Å². The van der Waals surface area contributed by atoms with Gasteiger partial charge in [-0.25, -0.2) is 8.78 Å². The number of likely N-dealkylation sites (tertiary alicyclic amines) is 1. The Morgan fingerprint density at radius 2 is 1.69 bits per heavy atom. The Kier molecular flexibility index (Phi) is 13.3. The lowest BCUT2D eigenvalue weighted by atomic mass is 9.81. The number of nitrogens with one attached hydrogen (secondary N) is 3. The van der Waals surface area contributed by atoms with Gasteiger partial charge >= 0.3 is 0 Å². The van der Waals surface area contributed by atoms with E-state index >= 15 is 0 Å². The molecule has 264 valence electrons. The molecule has 0 aliphatic carbocycles. The lowest BCUT2D eigenvalue weighted by molar-refractivity contribution is -0.144. The fourth-order valence-electron chi connectivity index (χ4n) is 6.63. The van der Waals surface area contributed by atoms with Crippen LogP contribution in [0.3, 0.4) is 0 Å². The van der Waals surface area contributed by atoms with Crippen LogP contribution in [-0.4, -0.2) is 71.7 Å². The molecule has 1 fully saturated rings. The van der Waals surface area contributed by atoms with Crippen molar-refractivity contribution in [3.8, 4) is 5.75 Å². The molecule has 0 spiro atoms. The number of hydrogen-bond donors (Lipinski definition) is 4. The SMILES string of the molecule is CC[C@H](C)[C@@]1(NC(C)=O)CCN([C@H](CCc2ccccc2)C(=O)N[C@@H](Cc2cc(F)cc(F)c2)C(O)CNCc2cccc(OC)c2)C1=O. The lowest BCUT2D eigenvalue weighted by Gasteiger charge is -2.36. The predicted octanol–water partition coefficient (Wildman–Crippen LogP) is 4.31. The fourth-order valence-corrected chi connectivity index (χ4v) is 6.63. The van der Waals surface area contributed by atoms with Gasteiger partial charge in [0.15, 0.2) is 0 Å². The van der Waals surface area contributed by atoms with E-state index in [0.717, 1.165) is 17.2 Å². The lowest BCUT2D eigenvalue weighted by Crippen LogP contribution is -2.60. The molecule has 3 aromatic carbocycles. The van der Waals surface area contributed by atoms with Crippen molar-refractivity contribution in [2.75, 3.05) is 20.2 Å². The largest absolute Gasteiger partial charge is 0.497 e. The van der Waals surface area contributed by atoms with Crippen molar-refractivity contribution in [2.45, 2.75) is 83.1 Å². The van der Waals surface area contributed by atoms with E-state index in [1.165, 1.54) is 24.0 Å². The van der Waals surface area contributed by atoms with Gasteiger partial charge in [-0.15, -0.1) is 0 Å². The van der Waals surface area contributed by atoms with Gasteiger partial charge in [0, 0.05) is 32.6 Å². The van der Waals surface area contributed by atoms with Gasteiger partial charge in [0.05, 0.1) is 19.3 Å². The Balaban J connectivity index is 1.60. The first kappa shape index (κ1) is 37.5. The summed E-state index contributed by atoms with van der Waals surface area (Å²) in [6, 6.07) is 18.2. The number of aliphatic hydroxyl groups excluding tert-OH is 1. The van der Waals surface area contributed by atoms with Crippen LogP contribution in [0.25, 0.3) is 0 Å². The number of nitrogens with zero attached hydrogens (tertiary/aromatic N) is 1. The van der Waals surface area contributed by atoms with Crippen LogP contribution in [0.5, 0.6) is 5.75 Å². The van der Waals surface area contributed by atoms with E-state index < -0.39 is 41.3 Å². The van der Waals surface area contributed by atoms with Gasteiger partial charge in [0.25, 0.3) is 0 Å². The molecule has 11 heteroatoms. The third kappa shape index (κ3) is 9.86. The average molecular weight is 679 g/mol.